The molecule has 1 aliphatic carbocycles. The molecule has 15 heavy (non-hydrogen) atoms. The maximum Gasteiger partial charge on any atom is 0.229 e. The highest BCUT2D eigenvalue weighted by Gasteiger charge is 2.21. The summed E-state index contributed by atoms with van der Waals surface area (Å²) < 4.78 is 5.30. The second-order valence-electron chi connectivity index (χ2n) is 4.16. The third-order valence-electron chi connectivity index (χ3n) is 2.97. The van der Waals surface area contributed by atoms with Crippen molar-refractivity contribution in [3.8, 4) is 0 Å². The quantitative estimate of drug-likeness (QED) is 0.826. The summed E-state index contributed by atoms with van der Waals surface area (Å²) in [5.74, 6) is 2.15. The standard InChI is InChI=1S/C11H19N3O/c1-2-12-8-10-13-11(15-14-10)9-6-4-3-5-7-9/h9,12H,2-8H2,1H3. The van der Waals surface area contributed by atoms with Gasteiger partial charge in [0.25, 0.3) is 0 Å². The largest absolute Gasteiger partial charge is 0.339 e. The van der Waals surface area contributed by atoms with Crippen molar-refractivity contribution >= 4 is 0 Å². The molecule has 4 nitrogen and oxygen atoms in total. The van der Waals surface area contributed by atoms with Crippen LogP contribution in [-0.2, 0) is 6.54 Å². The molecule has 84 valence electrons. The minimum atomic E-state index is 0.515. The monoisotopic (exact) mass is 209 g/mol. The van der Waals surface area contributed by atoms with Crippen LogP contribution in [0.25, 0.3) is 0 Å². The minimum Gasteiger partial charge on any atom is -0.339 e. The van der Waals surface area contributed by atoms with E-state index in [2.05, 4.69) is 22.4 Å². The summed E-state index contributed by atoms with van der Waals surface area (Å²) in [4.78, 5) is 4.43. The Morgan fingerprint density at radius 2 is 2.13 bits per heavy atom. The summed E-state index contributed by atoms with van der Waals surface area (Å²) >= 11 is 0. The second-order valence-corrected chi connectivity index (χ2v) is 4.16. The second kappa shape index (κ2) is 5.26. The van der Waals surface area contributed by atoms with Gasteiger partial charge in [0.2, 0.25) is 5.89 Å². The first-order valence-corrected chi connectivity index (χ1v) is 5.93. The van der Waals surface area contributed by atoms with Crippen molar-refractivity contribution < 1.29 is 4.52 Å². The van der Waals surface area contributed by atoms with Gasteiger partial charge in [0.1, 0.15) is 0 Å². The summed E-state index contributed by atoms with van der Waals surface area (Å²) in [6.07, 6.45) is 6.38. The van der Waals surface area contributed by atoms with Crippen molar-refractivity contribution in [1.29, 1.82) is 0 Å². The van der Waals surface area contributed by atoms with Crippen molar-refractivity contribution in [3.05, 3.63) is 11.7 Å². The molecule has 0 aromatic carbocycles. The summed E-state index contributed by atoms with van der Waals surface area (Å²) in [6.45, 7) is 3.72. The Bertz CT molecular complexity index is 292. The van der Waals surface area contributed by atoms with E-state index in [1.54, 1.807) is 0 Å². The molecule has 1 saturated carbocycles. The Morgan fingerprint density at radius 3 is 2.87 bits per heavy atom. The van der Waals surface area contributed by atoms with Gasteiger partial charge < -0.3 is 9.84 Å². The molecule has 0 aliphatic heterocycles. The van der Waals surface area contributed by atoms with E-state index in [-0.39, 0.29) is 0 Å². The lowest BCUT2D eigenvalue weighted by Gasteiger charge is -2.17. The molecule has 0 saturated heterocycles. The maximum absolute atomic E-state index is 5.30. The van der Waals surface area contributed by atoms with Crippen LogP contribution < -0.4 is 5.32 Å². The molecule has 0 unspecified atom stereocenters. The van der Waals surface area contributed by atoms with Crippen molar-refractivity contribution in [1.82, 2.24) is 15.5 Å². The van der Waals surface area contributed by atoms with E-state index in [1.807, 2.05) is 0 Å². The average molecular weight is 209 g/mol. The molecule has 1 aromatic heterocycles. The normalized spacial score (nSPS) is 18.2. The van der Waals surface area contributed by atoms with Gasteiger partial charge in [0, 0.05) is 5.92 Å². The Hall–Kier alpha value is -0.900. The van der Waals surface area contributed by atoms with Crippen LogP contribution in [0.4, 0.5) is 0 Å². The summed E-state index contributed by atoms with van der Waals surface area (Å²) in [5, 5.41) is 7.18. The van der Waals surface area contributed by atoms with Gasteiger partial charge in [0.05, 0.1) is 6.54 Å². The van der Waals surface area contributed by atoms with Gasteiger partial charge in [-0.05, 0) is 19.4 Å². The number of nitrogens with one attached hydrogen (secondary N) is 1. The first-order valence-electron chi connectivity index (χ1n) is 5.93. The summed E-state index contributed by atoms with van der Waals surface area (Å²) in [6, 6.07) is 0. The fourth-order valence-electron chi connectivity index (χ4n) is 2.09. The Morgan fingerprint density at radius 1 is 1.33 bits per heavy atom. The summed E-state index contributed by atoms with van der Waals surface area (Å²) in [5.41, 5.74) is 0. The van der Waals surface area contributed by atoms with E-state index in [4.69, 9.17) is 4.52 Å². The van der Waals surface area contributed by atoms with E-state index in [0.717, 1.165) is 18.3 Å². The van der Waals surface area contributed by atoms with E-state index in [9.17, 15) is 0 Å². The SMILES string of the molecule is CCNCc1noc(C2CCCCC2)n1. The van der Waals surface area contributed by atoms with Crippen LogP contribution in [-0.4, -0.2) is 16.7 Å². The van der Waals surface area contributed by atoms with Gasteiger partial charge in [-0.2, -0.15) is 4.98 Å². The predicted octanol–water partition coefficient (Wildman–Crippen LogP) is 2.23. The number of hydrogen-bond acceptors (Lipinski definition) is 4. The van der Waals surface area contributed by atoms with Crippen LogP contribution in [0.5, 0.6) is 0 Å². The zero-order valence-corrected chi connectivity index (χ0v) is 9.33. The highest BCUT2D eigenvalue weighted by atomic mass is 16.5. The van der Waals surface area contributed by atoms with Crippen molar-refractivity contribution in [3.63, 3.8) is 0 Å². The van der Waals surface area contributed by atoms with Crippen LogP contribution in [0.1, 0.15) is 56.7 Å². The number of rotatable bonds is 4. The Kier molecular flexibility index (Phi) is 3.72. The summed E-state index contributed by atoms with van der Waals surface area (Å²) in [7, 11) is 0. The first kappa shape index (κ1) is 10.6. The highest BCUT2D eigenvalue weighted by Crippen LogP contribution is 2.31. The highest BCUT2D eigenvalue weighted by molar-refractivity contribution is 4.95. The average Bonchev–Trinajstić information content (AvgIpc) is 2.76. The molecule has 0 amide bonds. The molecule has 0 radical (unpaired) electrons. The van der Waals surface area contributed by atoms with E-state index in [0.29, 0.717) is 12.5 Å². The van der Waals surface area contributed by atoms with Gasteiger partial charge in [-0.1, -0.05) is 31.3 Å². The zero-order valence-electron chi connectivity index (χ0n) is 9.33. The third-order valence-corrected chi connectivity index (χ3v) is 2.97. The third kappa shape index (κ3) is 2.78. The molecule has 1 N–H and O–H groups in total. The Balaban J connectivity index is 1.93. The van der Waals surface area contributed by atoms with Crippen molar-refractivity contribution in [2.75, 3.05) is 6.54 Å². The number of aromatic nitrogens is 2. The number of hydrogen-bond donors (Lipinski definition) is 1. The lowest BCUT2D eigenvalue weighted by atomic mass is 9.89. The molecule has 1 heterocycles. The fourth-order valence-corrected chi connectivity index (χ4v) is 2.09. The molecule has 1 aromatic rings. The van der Waals surface area contributed by atoms with Gasteiger partial charge in [-0.15, -0.1) is 0 Å². The van der Waals surface area contributed by atoms with E-state index in [1.165, 1.54) is 32.1 Å². The van der Waals surface area contributed by atoms with Gasteiger partial charge in [0.15, 0.2) is 5.82 Å². The molecule has 1 aliphatic rings. The zero-order chi connectivity index (χ0) is 10.5. The van der Waals surface area contributed by atoms with E-state index < -0.39 is 0 Å². The van der Waals surface area contributed by atoms with Crippen LogP contribution in [0.3, 0.4) is 0 Å². The van der Waals surface area contributed by atoms with Crippen LogP contribution in [0.2, 0.25) is 0 Å². The van der Waals surface area contributed by atoms with Crippen LogP contribution in [0.15, 0.2) is 4.52 Å². The Labute approximate surface area is 90.4 Å². The van der Waals surface area contributed by atoms with Crippen LogP contribution >= 0.6 is 0 Å². The minimum absolute atomic E-state index is 0.515. The predicted molar refractivity (Wildman–Crippen MR) is 57.5 cm³/mol. The molecule has 0 spiro atoms. The van der Waals surface area contributed by atoms with Gasteiger partial charge in [-0.25, -0.2) is 0 Å². The van der Waals surface area contributed by atoms with Crippen molar-refractivity contribution in [2.45, 2.75) is 51.5 Å². The lowest BCUT2D eigenvalue weighted by Crippen LogP contribution is -2.13. The lowest BCUT2D eigenvalue weighted by molar-refractivity contribution is 0.312. The molecular formula is C11H19N3O. The first-order chi connectivity index (χ1) is 7.40. The van der Waals surface area contributed by atoms with Gasteiger partial charge in [-0.3, -0.25) is 0 Å². The molecule has 2 rings (SSSR count). The van der Waals surface area contributed by atoms with Crippen molar-refractivity contribution in [2.24, 2.45) is 0 Å². The fraction of sp³-hybridized carbons (Fsp3) is 0.818. The number of nitrogens with zero attached hydrogens (tertiary/aromatic N) is 2. The molecule has 1 fully saturated rings. The molecule has 4 heteroatoms. The molecule has 0 bridgehead atoms. The maximum atomic E-state index is 5.30. The van der Waals surface area contributed by atoms with Gasteiger partial charge >= 0.3 is 0 Å². The molecular weight excluding hydrogens is 190 g/mol. The smallest absolute Gasteiger partial charge is 0.229 e. The van der Waals surface area contributed by atoms with Crippen LogP contribution in [0, 0.1) is 0 Å². The molecule has 0 atom stereocenters. The van der Waals surface area contributed by atoms with E-state index >= 15 is 0 Å². The topological polar surface area (TPSA) is 51.0 Å².